The van der Waals surface area contributed by atoms with E-state index < -0.39 is 0 Å². The summed E-state index contributed by atoms with van der Waals surface area (Å²) in [6.07, 6.45) is 1.89. The topological polar surface area (TPSA) is 72.7 Å². The number of carbonyl (C=O) groups is 2. The molecule has 1 saturated heterocycles. The van der Waals surface area contributed by atoms with Gasteiger partial charge in [0, 0.05) is 21.5 Å². The maximum Gasteiger partial charge on any atom is 0.337 e. The van der Waals surface area contributed by atoms with Crippen LogP contribution in [0.2, 0.25) is 0 Å². The minimum absolute atomic E-state index is 0.173. The lowest BCUT2D eigenvalue weighted by molar-refractivity contribution is -0.115. The molecule has 1 aromatic heterocycles. The average molecular weight is 552 g/mol. The Kier molecular flexibility index (Phi) is 7.05. The second-order valence-corrected chi connectivity index (χ2v) is 10.4. The Labute approximate surface area is 217 Å². The van der Waals surface area contributed by atoms with Gasteiger partial charge in [0.1, 0.15) is 0 Å². The highest BCUT2D eigenvalue weighted by Crippen LogP contribution is 2.33. The monoisotopic (exact) mass is 551 g/mol. The molecule has 1 fully saturated rings. The third-order valence-corrected chi connectivity index (χ3v) is 8.09. The highest BCUT2D eigenvalue weighted by molar-refractivity contribution is 9.10. The highest BCUT2D eigenvalue weighted by Gasteiger charge is 2.25. The molecule has 35 heavy (non-hydrogen) atoms. The lowest BCUT2D eigenvalue weighted by Crippen LogP contribution is -2.19. The number of halogens is 1. The number of ether oxygens (including phenoxy) is 1. The van der Waals surface area contributed by atoms with Crippen molar-refractivity contribution >= 4 is 56.5 Å². The molecule has 3 aromatic rings. The van der Waals surface area contributed by atoms with Crippen molar-refractivity contribution in [3.63, 3.8) is 0 Å². The SMILES string of the molecule is COC(=O)c1ccc(C)c(-n2c(C)cc(/C=C3\SC(=Nc4cc(C)c(Br)c(C)c4)NC3=O)c2C)c1. The van der Waals surface area contributed by atoms with Crippen LogP contribution in [-0.2, 0) is 9.53 Å². The number of aliphatic imine (C=N–C) groups is 1. The predicted molar refractivity (Wildman–Crippen MR) is 146 cm³/mol. The molecular weight excluding hydrogens is 526 g/mol. The number of thioether (sulfide) groups is 1. The molecule has 1 amide bonds. The molecule has 0 atom stereocenters. The van der Waals surface area contributed by atoms with Gasteiger partial charge in [0.25, 0.3) is 5.91 Å². The van der Waals surface area contributed by atoms with Gasteiger partial charge in [0.2, 0.25) is 0 Å². The summed E-state index contributed by atoms with van der Waals surface area (Å²) in [5, 5.41) is 3.42. The van der Waals surface area contributed by atoms with Crippen molar-refractivity contribution in [2.45, 2.75) is 34.6 Å². The Bertz CT molecular complexity index is 1410. The zero-order valence-corrected chi connectivity index (χ0v) is 22.8. The first-order valence-corrected chi connectivity index (χ1v) is 12.6. The van der Waals surface area contributed by atoms with Gasteiger partial charge in [-0.2, -0.15) is 0 Å². The van der Waals surface area contributed by atoms with Crippen LogP contribution in [-0.4, -0.2) is 28.7 Å². The molecule has 0 spiro atoms. The molecule has 4 rings (SSSR count). The number of aryl methyl sites for hydroxylation is 4. The molecule has 1 aliphatic heterocycles. The second-order valence-electron chi connectivity index (χ2n) is 8.53. The smallest absolute Gasteiger partial charge is 0.337 e. The molecule has 2 aromatic carbocycles. The molecule has 0 unspecified atom stereocenters. The van der Waals surface area contributed by atoms with Gasteiger partial charge >= 0.3 is 5.97 Å². The molecule has 1 aliphatic rings. The quantitative estimate of drug-likeness (QED) is 0.298. The molecule has 0 saturated carbocycles. The van der Waals surface area contributed by atoms with Gasteiger partial charge in [-0.3, -0.25) is 4.79 Å². The van der Waals surface area contributed by atoms with Gasteiger partial charge in [-0.25, -0.2) is 9.79 Å². The van der Waals surface area contributed by atoms with E-state index in [0.29, 0.717) is 15.6 Å². The summed E-state index contributed by atoms with van der Waals surface area (Å²) in [6.45, 7) is 10.0. The number of benzene rings is 2. The van der Waals surface area contributed by atoms with E-state index in [4.69, 9.17) is 4.74 Å². The number of carbonyl (C=O) groups excluding carboxylic acids is 2. The molecule has 1 N–H and O–H groups in total. The van der Waals surface area contributed by atoms with E-state index in [1.165, 1.54) is 18.9 Å². The third-order valence-electron chi connectivity index (χ3n) is 5.93. The second kappa shape index (κ2) is 9.87. The maximum atomic E-state index is 12.7. The van der Waals surface area contributed by atoms with Crippen molar-refractivity contribution in [3.8, 4) is 5.69 Å². The Morgan fingerprint density at radius 3 is 2.40 bits per heavy atom. The predicted octanol–water partition coefficient (Wildman–Crippen LogP) is 6.46. The fourth-order valence-electron chi connectivity index (χ4n) is 4.13. The summed E-state index contributed by atoms with van der Waals surface area (Å²) < 4.78 is 8.04. The van der Waals surface area contributed by atoms with Crippen molar-refractivity contribution in [1.29, 1.82) is 0 Å². The van der Waals surface area contributed by atoms with E-state index in [0.717, 1.165) is 49.5 Å². The number of hydrogen-bond acceptors (Lipinski definition) is 5. The largest absolute Gasteiger partial charge is 0.465 e. The highest BCUT2D eigenvalue weighted by atomic mass is 79.9. The van der Waals surface area contributed by atoms with Crippen molar-refractivity contribution in [1.82, 2.24) is 9.88 Å². The number of amides is 1. The Morgan fingerprint density at radius 1 is 1.06 bits per heavy atom. The summed E-state index contributed by atoms with van der Waals surface area (Å²) in [6, 6.07) is 11.5. The van der Waals surface area contributed by atoms with E-state index in [-0.39, 0.29) is 11.9 Å². The van der Waals surface area contributed by atoms with Gasteiger partial charge in [-0.1, -0.05) is 22.0 Å². The third kappa shape index (κ3) is 4.99. The summed E-state index contributed by atoms with van der Waals surface area (Å²) in [7, 11) is 1.37. The molecule has 8 heteroatoms. The van der Waals surface area contributed by atoms with Crippen LogP contribution in [0.3, 0.4) is 0 Å². The number of esters is 1. The van der Waals surface area contributed by atoms with E-state index >= 15 is 0 Å². The molecular formula is C27H26BrN3O3S. The Balaban J connectivity index is 1.67. The number of nitrogens with one attached hydrogen (secondary N) is 1. The van der Waals surface area contributed by atoms with Crippen LogP contribution in [0.15, 0.2) is 50.8 Å². The lowest BCUT2D eigenvalue weighted by Gasteiger charge is -2.14. The van der Waals surface area contributed by atoms with Crippen molar-refractivity contribution < 1.29 is 14.3 Å². The van der Waals surface area contributed by atoms with Crippen LogP contribution in [0.1, 0.15) is 44.0 Å². The molecule has 180 valence electrons. The number of hydrogen-bond donors (Lipinski definition) is 1. The number of aromatic nitrogens is 1. The molecule has 0 aliphatic carbocycles. The van der Waals surface area contributed by atoms with Gasteiger partial charge in [-0.05, 0) is 105 Å². The van der Waals surface area contributed by atoms with Crippen LogP contribution >= 0.6 is 27.7 Å². The summed E-state index contributed by atoms with van der Waals surface area (Å²) in [5.41, 5.74) is 8.30. The van der Waals surface area contributed by atoms with Gasteiger partial charge in [0.05, 0.1) is 23.3 Å². The molecule has 0 bridgehead atoms. The number of amidine groups is 1. The summed E-state index contributed by atoms with van der Waals surface area (Å²) >= 11 is 4.90. The lowest BCUT2D eigenvalue weighted by atomic mass is 10.1. The first-order valence-electron chi connectivity index (χ1n) is 11.0. The molecule has 2 heterocycles. The average Bonchev–Trinajstić information content (AvgIpc) is 3.29. The number of nitrogens with zero attached hydrogens (tertiary/aromatic N) is 2. The summed E-state index contributed by atoms with van der Waals surface area (Å²) in [5.74, 6) is -0.550. The zero-order chi connectivity index (χ0) is 25.4. The van der Waals surface area contributed by atoms with Gasteiger partial charge in [0.15, 0.2) is 5.17 Å². The van der Waals surface area contributed by atoms with Crippen molar-refractivity contribution in [2.24, 2.45) is 4.99 Å². The van der Waals surface area contributed by atoms with Crippen molar-refractivity contribution in [2.75, 3.05) is 7.11 Å². The number of rotatable bonds is 4. The minimum atomic E-state index is -0.377. The first-order chi connectivity index (χ1) is 16.6. The molecule has 0 radical (unpaired) electrons. The Morgan fingerprint density at radius 2 is 1.74 bits per heavy atom. The number of methoxy groups -OCH3 is 1. The Hall–Kier alpha value is -3.10. The van der Waals surface area contributed by atoms with Gasteiger partial charge < -0.3 is 14.6 Å². The van der Waals surface area contributed by atoms with E-state index in [1.807, 2.05) is 71.0 Å². The summed E-state index contributed by atoms with van der Waals surface area (Å²) in [4.78, 5) is 30.0. The van der Waals surface area contributed by atoms with E-state index in [2.05, 4.69) is 30.8 Å². The fraction of sp³-hybridized carbons (Fsp3) is 0.222. The normalized spacial score (nSPS) is 15.7. The molecule has 6 nitrogen and oxygen atoms in total. The van der Waals surface area contributed by atoms with E-state index in [1.54, 1.807) is 6.07 Å². The van der Waals surface area contributed by atoms with Gasteiger partial charge in [-0.15, -0.1) is 0 Å². The van der Waals surface area contributed by atoms with Crippen LogP contribution in [0.25, 0.3) is 11.8 Å². The van der Waals surface area contributed by atoms with Crippen LogP contribution in [0, 0.1) is 34.6 Å². The van der Waals surface area contributed by atoms with Crippen LogP contribution in [0.4, 0.5) is 5.69 Å². The zero-order valence-electron chi connectivity index (χ0n) is 20.4. The standard InChI is InChI=1S/C27H26BrN3O3S/c1-14-7-8-19(26(33)34-6)12-22(14)31-17(4)11-20(18(31)5)13-23-25(32)30-27(35-23)29-21-9-15(2)24(28)16(3)10-21/h7-13H,1-6H3,(H,29,30,32)/b23-13-. The van der Waals surface area contributed by atoms with Crippen LogP contribution < -0.4 is 5.32 Å². The maximum absolute atomic E-state index is 12.7. The van der Waals surface area contributed by atoms with Crippen molar-refractivity contribution in [3.05, 3.63) is 85.0 Å². The van der Waals surface area contributed by atoms with E-state index in [9.17, 15) is 9.59 Å². The minimum Gasteiger partial charge on any atom is -0.465 e. The van der Waals surface area contributed by atoms with Crippen LogP contribution in [0.5, 0.6) is 0 Å². The first kappa shape index (κ1) is 25.0. The fourth-order valence-corrected chi connectivity index (χ4v) is 5.19.